The highest BCUT2D eigenvalue weighted by Gasteiger charge is 2.24. The Hall–Kier alpha value is -2.50. The molecular formula is C17H19N3O3. The van der Waals surface area contributed by atoms with Crippen molar-refractivity contribution >= 4 is 5.91 Å². The first-order chi connectivity index (χ1) is 11.3. The van der Waals surface area contributed by atoms with Gasteiger partial charge in [0, 0.05) is 11.3 Å². The van der Waals surface area contributed by atoms with Gasteiger partial charge in [-0.1, -0.05) is 12.1 Å². The van der Waals surface area contributed by atoms with Crippen LogP contribution in [0.2, 0.25) is 0 Å². The molecule has 0 unspecified atom stereocenters. The number of aromatic nitrogens is 2. The zero-order valence-electron chi connectivity index (χ0n) is 12.8. The average molecular weight is 313 g/mol. The van der Waals surface area contributed by atoms with Crippen LogP contribution in [0.25, 0.3) is 0 Å². The second kappa shape index (κ2) is 5.95. The summed E-state index contributed by atoms with van der Waals surface area (Å²) in [7, 11) is 0. The largest absolute Gasteiger partial charge is 0.486 e. The number of aryl methyl sites for hydroxylation is 1. The highest BCUT2D eigenvalue weighted by atomic mass is 16.6. The first-order valence-corrected chi connectivity index (χ1v) is 8.04. The third-order valence-electron chi connectivity index (χ3n) is 4.33. The van der Waals surface area contributed by atoms with E-state index in [4.69, 9.17) is 9.47 Å². The number of nitrogens with zero attached hydrogens (tertiary/aromatic N) is 1. The Bertz CT molecular complexity index is 726. The summed E-state index contributed by atoms with van der Waals surface area (Å²) in [6.45, 7) is 0.824. The van der Waals surface area contributed by atoms with Gasteiger partial charge in [0.25, 0.3) is 5.91 Å². The Balaban J connectivity index is 1.38. The molecule has 1 aliphatic carbocycles. The molecule has 2 N–H and O–H groups in total. The normalized spacial score (nSPS) is 19.0. The molecule has 0 saturated carbocycles. The standard InChI is InChI=1S/C17H19N3O3/c21-17(16-12-5-1-2-6-13(12)19-20-16)18-9-11-10-22-14-7-3-4-8-15(14)23-11/h3-4,7-8,11H,1-2,5-6,9-10H2,(H,18,21)(H,19,20)/t11-/m0/s1. The lowest BCUT2D eigenvalue weighted by atomic mass is 9.96. The van der Waals surface area contributed by atoms with E-state index in [0.717, 1.165) is 48.4 Å². The van der Waals surface area contributed by atoms with E-state index >= 15 is 0 Å². The fourth-order valence-electron chi connectivity index (χ4n) is 3.12. The number of hydrogen-bond acceptors (Lipinski definition) is 4. The quantitative estimate of drug-likeness (QED) is 0.907. The van der Waals surface area contributed by atoms with Crippen molar-refractivity contribution in [3.8, 4) is 11.5 Å². The Morgan fingerprint density at radius 3 is 3.00 bits per heavy atom. The molecule has 1 aromatic heterocycles. The van der Waals surface area contributed by atoms with E-state index in [9.17, 15) is 4.79 Å². The van der Waals surface area contributed by atoms with Crippen LogP contribution in [0, 0.1) is 0 Å². The smallest absolute Gasteiger partial charge is 0.272 e. The number of ether oxygens (including phenoxy) is 2. The van der Waals surface area contributed by atoms with Crippen LogP contribution in [-0.4, -0.2) is 35.4 Å². The molecule has 2 aliphatic rings. The van der Waals surface area contributed by atoms with Crippen LogP contribution in [-0.2, 0) is 12.8 Å². The van der Waals surface area contributed by atoms with E-state index in [1.807, 2.05) is 24.3 Å². The van der Waals surface area contributed by atoms with Gasteiger partial charge in [0.2, 0.25) is 0 Å². The van der Waals surface area contributed by atoms with Gasteiger partial charge in [0.05, 0.1) is 6.54 Å². The number of aromatic amines is 1. The lowest BCUT2D eigenvalue weighted by Crippen LogP contribution is -2.41. The molecule has 0 saturated heterocycles. The molecule has 0 radical (unpaired) electrons. The number of nitrogens with one attached hydrogen (secondary N) is 2. The Kier molecular flexibility index (Phi) is 3.65. The number of H-pyrrole nitrogens is 1. The SMILES string of the molecule is O=C(NC[C@H]1COc2ccccc2O1)c1n[nH]c2c1CCCC2. The zero-order valence-corrected chi connectivity index (χ0v) is 12.8. The second-order valence-corrected chi connectivity index (χ2v) is 5.94. The predicted molar refractivity (Wildman–Crippen MR) is 83.9 cm³/mol. The maximum Gasteiger partial charge on any atom is 0.272 e. The molecule has 0 fully saturated rings. The molecule has 6 heteroatoms. The lowest BCUT2D eigenvalue weighted by Gasteiger charge is -2.26. The van der Waals surface area contributed by atoms with Crippen LogP contribution in [0.5, 0.6) is 11.5 Å². The van der Waals surface area contributed by atoms with Gasteiger partial charge >= 0.3 is 0 Å². The summed E-state index contributed by atoms with van der Waals surface area (Å²) in [6.07, 6.45) is 3.98. The van der Waals surface area contributed by atoms with Gasteiger partial charge in [-0.3, -0.25) is 9.89 Å². The van der Waals surface area contributed by atoms with Crippen molar-refractivity contribution in [2.24, 2.45) is 0 Å². The average Bonchev–Trinajstić information content (AvgIpc) is 3.03. The van der Waals surface area contributed by atoms with Gasteiger partial charge < -0.3 is 14.8 Å². The molecule has 1 aliphatic heterocycles. The molecule has 2 heterocycles. The van der Waals surface area contributed by atoms with Crippen molar-refractivity contribution in [2.45, 2.75) is 31.8 Å². The minimum Gasteiger partial charge on any atom is -0.486 e. The molecule has 4 rings (SSSR count). The number of amides is 1. The highest BCUT2D eigenvalue weighted by molar-refractivity contribution is 5.94. The monoisotopic (exact) mass is 313 g/mol. The Morgan fingerprint density at radius 1 is 1.26 bits per heavy atom. The maximum atomic E-state index is 12.4. The predicted octanol–water partition coefficient (Wildman–Crippen LogP) is 1.86. The number of carbonyl (C=O) groups is 1. The summed E-state index contributed by atoms with van der Waals surface area (Å²) in [6, 6.07) is 7.55. The van der Waals surface area contributed by atoms with Crippen LogP contribution in [0.15, 0.2) is 24.3 Å². The van der Waals surface area contributed by atoms with E-state index in [1.54, 1.807) is 0 Å². The molecule has 1 atom stereocenters. The van der Waals surface area contributed by atoms with Crippen molar-refractivity contribution in [3.05, 3.63) is 41.2 Å². The molecular weight excluding hydrogens is 294 g/mol. The zero-order chi connectivity index (χ0) is 15.6. The van der Waals surface area contributed by atoms with Crippen molar-refractivity contribution in [1.29, 1.82) is 0 Å². The van der Waals surface area contributed by atoms with Crippen LogP contribution in [0.1, 0.15) is 34.6 Å². The molecule has 1 amide bonds. The lowest BCUT2D eigenvalue weighted by molar-refractivity contribution is 0.0786. The summed E-state index contributed by atoms with van der Waals surface area (Å²) >= 11 is 0. The fourth-order valence-corrected chi connectivity index (χ4v) is 3.12. The molecule has 120 valence electrons. The van der Waals surface area contributed by atoms with E-state index < -0.39 is 0 Å². The Morgan fingerprint density at radius 2 is 2.09 bits per heavy atom. The van der Waals surface area contributed by atoms with Gasteiger partial charge in [0.15, 0.2) is 17.2 Å². The highest BCUT2D eigenvalue weighted by Crippen LogP contribution is 2.30. The van der Waals surface area contributed by atoms with Crippen molar-refractivity contribution in [3.63, 3.8) is 0 Å². The Labute approximate surface area is 134 Å². The molecule has 0 spiro atoms. The maximum absolute atomic E-state index is 12.4. The minimum atomic E-state index is -0.191. The van der Waals surface area contributed by atoms with E-state index in [0.29, 0.717) is 18.8 Å². The number of benzene rings is 1. The summed E-state index contributed by atoms with van der Waals surface area (Å²) in [5.41, 5.74) is 2.70. The minimum absolute atomic E-state index is 0.146. The van der Waals surface area contributed by atoms with Crippen molar-refractivity contribution in [2.75, 3.05) is 13.2 Å². The summed E-state index contributed by atoms with van der Waals surface area (Å²) in [4.78, 5) is 12.4. The second-order valence-electron chi connectivity index (χ2n) is 5.94. The first-order valence-electron chi connectivity index (χ1n) is 8.04. The van der Waals surface area contributed by atoms with E-state index in [1.165, 1.54) is 0 Å². The third-order valence-corrected chi connectivity index (χ3v) is 4.33. The summed E-state index contributed by atoms with van der Waals surface area (Å²) in [5, 5.41) is 10.1. The molecule has 0 bridgehead atoms. The molecule has 6 nitrogen and oxygen atoms in total. The number of rotatable bonds is 3. The molecule has 1 aromatic carbocycles. The van der Waals surface area contributed by atoms with Crippen molar-refractivity contribution < 1.29 is 14.3 Å². The third kappa shape index (κ3) is 2.76. The van der Waals surface area contributed by atoms with E-state index in [-0.39, 0.29) is 12.0 Å². The summed E-state index contributed by atoms with van der Waals surface area (Å²) < 4.78 is 11.5. The molecule has 2 aromatic rings. The summed E-state index contributed by atoms with van der Waals surface area (Å²) in [5.74, 6) is 1.32. The van der Waals surface area contributed by atoms with Crippen molar-refractivity contribution in [1.82, 2.24) is 15.5 Å². The number of hydrogen-bond donors (Lipinski definition) is 2. The van der Waals surface area contributed by atoms with Gasteiger partial charge in [-0.15, -0.1) is 0 Å². The topological polar surface area (TPSA) is 76.2 Å². The van der Waals surface area contributed by atoms with Crippen LogP contribution in [0.4, 0.5) is 0 Å². The number of carbonyl (C=O) groups excluding carboxylic acids is 1. The van der Waals surface area contributed by atoms with Gasteiger partial charge in [-0.2, -0.15) is 5.10 Å². The first kappa shape index (κ1) is 14.1. The van der Waals surface area contributed by atoms with Crippen LogP contribution >= 0.6 is 0 Å². The molecule has 23 heavy (non-hydrogen) atoms. The van der Waals surface area contributed by atoms with E-state index in [2.05, 4.69) is 15.5 Å². The van der Waals surface area contributed by atoms with Crippen LogP contribution in [0.3, 0.4) is 0 Å². The van der Waals surface area contributed by atoms with Gasteiger partial charge in [-0.25, -0.2) is 0 Å². The van der Waals surface area contributed by atoms with Gasteiger partial charge in [0.1, 0.15) is 12.7 Å². The van der Waals surface area contributed by atoms with Crippen LogP contribution < -0.4 is 14.8 Å². The number of fused-ring (bicyclic) bond motifs is 2. The van der Waals surface area contributed by atoms with Gasteiger partial charge in [-0.05, 0) is 37.8 Å². The number of para-hydroxylation sites is 2. The fraction of sp³-hybridized carbons (Fsp3) is 0.412.